The zero-order valence-electron chi connectivity index (χ0n) is 14.9. The first-order valence-corrected chi connectivity index (χ1v) is 9.44. The third-order valence-electron chi connectivity index (χ3n) is 4.28. The molecule has 1 aromatic carbocycles. The smallest absolute Gasteiger partial charge is 0.344 e. The largest absolute Gasteiger partial charge is 0.480 e. The van der Waals surface area contributed by atoms with Crippen LogP contribution < -0.4 is 15.4 Å². The van der Waals surface area contributed by atoms with Gasteiger partial charge in [0, 0.05) is 11.1 Å². The monoisotopic (exact) mass is 416 g/mol. The molecule has 0 heterocycles. The number of hydrogen-bond acceptors (Lipinski definition) is 5. The van der Waals surface area contributed by atoms with Crippen LogP contribution in [0.3, 0.4) is 0 Å². The van der Waals surface area contributed by atoms with Crippen molar-refractivity contribution in [2.75, 3.05) is 13.2 Å². The average Bonchev–Trinajstić information content (AvgIpc) is 2.61. The number of rotatable bonds is 6. The van der Waals surface area contributed by atoms with Crippen LogP contribution in [0, 0.1) is 5.92 Å². The number of imide groups is 1. The van der Waals surface area contributed by atoms with E-state index in [0.29, 0.717) is 10.9 Å². The van der Waals surface area contributed by atoms with Crippen LogP contribution in [0.4, 0.5) is 4.79 Å². The Balaban J connectivity index is 1.66. The molecule has 0 aromatic heterocycles. The molecule has 148 valence electrons. The summed E-state index contributed by atoms with van der Waals surface area (Å²) in [7, 11) is 0. The second-order valence-corrected chi connectivity index (χ2v) is 7.26. The number of hydrogen-bond donors (Lipinski definition) is 2. The normalized spacial score (nSPS) is 19.1. The number of amides is 3. The molecule has 2 N–H and O–H groups in total. The van der Waals surface area contributed by atoms with E-state index in [4.69, 9.17) is 32.7 Å². The molecule has 1 saturated carbocycles. The molecule has 3 amide bonds. The van der Waals surface area contributed by atoms with E-state index < -0.39 is 31.1 Å². The SMILES string of the molecule is C[C@@H]1CCCC[C@H]1NC(=O)NC(=O)COC(=O)COc1ccc(Cl)cc1Cl. The fraction of sp³-hybridized carbons (Fsp3) is 0.500. The van der Waals surface area contributed by atoms with Crippen molar-refractivity contribution in [2.24, 2.45) is 5.92 Å². The molecule has 0 bridgehead atoms. The maximum absolute atomic E-state index is 11.9. The van der Waals surface area contributed by atoms with Crippen LogP contribution in [0.5, 0.6) is 5.75 Å². The maximum Gasteiger partial charge on any atom is 0.344 e. The Hall–Kier alpha value is -1.99. The Bertz CT molecular complexity index is 698. The molecule has 0 spiro atoms. The van der Waals surface area contributed by atoms with E-state index in [1.807, 2.05) is 0 Å². The minimum absolute atomic E-state index is 0.0478. The van der Waals surface area contributed by atoms with E-state index in [1.54, 1.807) is 6.07 Å². The van der Waals surface area contributed by atoms with Crippen molar-refractivity contribution in [3.8, 4) is 5.75 Å². The minimum Gasteiger partial charge on any atom is -0.480 e. The molecule has 2 rings (SSSR count). The lowest BCUT2D eigenvalue weighted by Gasteiger charge is -2.29. The van der Waals surface area contributed by atoms with Crippen LogP contribution >= 0.6 is 23.2 Å². The van der Waals surface area contributed by atoms with Gasteiger partial charge in [-0.3, -0.25) is 10.1 Å². The number of ether oxygens (including phenoxy) is 2. The third kappa shape index (κ3) is 7.27. The first kappa shape index (κ1) is 21.3. The van der Waals surface area contributed by atoms with E-state index in [-0.39, 0.29) is 16.8 Å². The Kier molecular flexibility index (Phi) is 8.19. The third-order valence-corrected chi connectivity index (χ3v) is 4.82. The Labute approximate surface area is 167 Å². The molecule has 27 heavy (non-hydrogen) atoms. The summed E-state index contributed by atoms with van der Waals surface area (Å²) in [4.78, 5) is 35.2. The van der Waals surface area contributed by atoms with Crippen molar-refractivity contribution in [3.05, 3.63) is 28.2 Å². The maximum atomic E-state index is 11.9. The van der Waals surface area contributed by atoms with Crippen LogP contribution in [0.15, 0.2) is 18.2 Å². The summed E-state index contributed by atoms with van der Waals surface area (Å²) < 4.78 is 9.98. The van der Waals surface area contributed by atoms with Crippen LogP contribution in [0.25, 0.3) is 0 Å². The lowest BCUT2D eigenvalue weighted by Crippen LogP contribution is -2.48. The Morgan fingerprint density at radius 3 is 2.59 bits per heavy atom. The molecule has 0 saturated heterocycles. The molecule has 7 nitrogen and oxygen atoms in total. The van der Waals surface area contributed by atoms with Gasteiger partial charge in [0.15, 0.2) is 13.2 Å². The molecule has 0 radical (unpaired) electrons. The van der Waals surface area contributed by atoms with Crippen molar-refractivity contribution in [1.29, 1.82) is 0 Å². The summed E-state index contributed by atoms with van der Waals surface area (Å²) in [5.41, 5.74) is 0. The van der Waals surface area contributed by atoms with Crippen molar-refractivity contribution in [2.45, 2.75) is 38.6 Å². The summed E-state index contributed by atoms with van der Waals surface area (Å²) in [6.07, 6.45) is 4.15. The number of nitrogens with one attached hydrogen (secondary N) is 2. The lowest BCUT2D eigenvalue weighted by atomic mass is 9.86. The molecule has 9 heteroatoms. The number of halogens is 2. The van der Waals surface area contributed by atoms with Crippen LogP contribution in [-0.4, -0.2) is 37.2 Å². The van der Waals surface area contributed by atoms with Crippen LogP contribution in [0.2, 0.25) is 10.0 Å². The highest BCUT2D eigenvalue weighted by Crippen LogP contribution is 2.27. The molecule has 1 aromatic rings. The molecule has 1 aliphatic rings. The first-order chi connectivity index (χ1) is 12.8. The fourth-order valence-electron chi connectivity index (χ4n) is 2.81. The van der Waals surface area contributed by atoms with E-state index in [1.165, 1.54) is 12.1 Å². The highest BCUT2D eigenvalue weighted by Gasteiger charge is 2.23. The van der Waals surface area contributed by atoms with Gasteiger partial charge in [-0.15, -0.1) is 0 Å². The van der Waals surface area contributed by atoms with Gasteiger partial charge in [-0.25, -0.2) is 9.59 Å². The predicted octanol–water partition coefficient (Wildman–Crippen LogP) is 3.32. The molecule has 0 unspecified atom stereocenters. The number of carbonyl (C=O) groups excluding carboxylic acids is 3. The second kappa shape index (κ2) is 10.4. The van der Waals surface area contributed by atoms with Gasteiger partial charge in [0.2, 0.25) is 0 Å². The Morgan fingerprint density at radius 1 is 1.15 bits per heavy atom. The molecular weight excluding hydrogens is 395 g/mol. The lowest BCUT2D eigenvalue weighted by molar-refractivity contribution is -0.150. The van der Waals surface area contributed by atoms with Gasteiger partial charge in [-0.1, -0.05) is 43.0 Å². The summed E-state index contributed by atoms with van der Waals surface area (Å²) in [5.74, 6) is -0.843. The Morgan fingerprint density at radius 2 is 1.89 bits per heavy atom. The van der Waals surface area contributed by atoms with Gasteiger partial charge in [-0.2, -0.15) is 0 Å². The molecular formula is C18H22Cl2N2O5. The van der Waals surface area contributed by atoms with Gasteiger partial charge in [-0.05, 0) is 37.0 Å². The molecule has 0 aliphatic heterocycles. The zero-order chi connectivity index (χ0) is 19.8. The van der Waals surface area contributed by atoms with Crippen molar-refractivity contribution in [3.63, 3.8) is 0 Å². The standard InChI is InChI=1S/C18H22Cl2N2O5/c1-11-4-2-3-5-14(11)21-18(25)22-16(23)9-27-17(24)10-26-15-7-6-12(19)8-13(15)20/h6-8,11,14H,2-5,9-10H2,1H3,(H2,21,22,23,25)/t11-,14-/m1/s1. The number of benzene rings is 1. The van der Waals surface area contributed by atoms with E-state index in [0.717, 1.165) is 25.7 Å². The number of urea groups is 1. The first-order valence-electron chi connectivity index (χ1n) is 8.69. The molecule has 1 fully saturated rings. The highest BCUT2D eigenvalue weighted by molar-refractivity contribution is 6.35. The minimum atomic E-state index is -0.766. The van der Waals surface area contributed by atoms with Crippen LogP contribution in [0.1, 0.15) is 32.6 Å². The predicted molar refractivity (Wildman–Crippen MR) is 101 cm³/mol. The van der Waals surface area contributed by atoms with Gasteiger partial charge in [0.25, 0.3) is 5.91 Å². The van der Waals surface area contributed by atoms with Crippen molar-refractivity contribution >= 4 is 41.1 Å². The quantitative estimate of drug-likeness (QED) is 0.693. The van der Waals surface area contributed by atoms with E-state index in [2.05, 4.69) is 17.6 Å². The van der Waals surface area contributed by atoms with Gasteiger partial charge >= 0.3 is 12.0 Å². The summed E-state index contributed by atoms with van der Waals surface area (Å²) in [6.45, 7) is 1.06. The molecule has 2 atom stereocenters. The number of esters is 1. The van der Waals surface area contributed by atoms with Crippen molar-refractivity contribution < 1.29 is 23.9 Å². The van der Waals surface area contributed by atoms with Gasteiger partial charge in [0.1, 0.15) is 5.75 Å². The second-order valence-electron chi connectivity index (χ2n) is 6.41. The topological polar surface area (TPSA) is 93.7 Å². The van der Waals surface area contributed by atoms with E-state index >= 15 is 0 Å². The van der Waals surface area contributed by atoms with E-state index in [9.17, 15) is 14.4 Å². The van der Waals surface area contributed by atoms with Gasteiger partial charge in [0.05, 0.1) is 5.02 Å². The summed E-state index contributed by atoms with van der Waals surface area (Å²) in [5, 5.41) is 5.62. The highest BCUT2D eigenvalue weighted by atomic mass is 35.5. The summed E-state index contributed by atoms with van der Waals surface area (Å²) in [6, 6.07) is 4.02. The number of carbonyl (C=O) groups is 3. The summed E-state index contributed by atoms with van der Waals surface area (Å²) >= 11 is 11.7. The fourth-order valence-corrected chi connectivity index (χ4v) is 3.28. The molecule has 1 aliphatic carbocycles. The van der Waals surface area contributed by atoms with Crippen LogP contribution in [-0.2, 0) is 14.3 Å². The van der Waals surface area contributed by atoms with Crippen molar-refractivity contribution in [1.82, 2.24) is 10.6 Å². The average molecular weight is 417 g/mol. The zero-order valence-corrected chi connectivity index (χ0v) is 16.4. The van der Waals surface area contributed by atoms with Gasteiger partial charge < -0.3 is 14.8 Å².